The summed E-state index contributed by atoms with van der Waals surface area (Å²) in [6.07, 6.45) is 2.02. The van der Waals surface area contributed by atoms with Gasteiger partial charge in [-0.15, -0.1) is 0 Å². The van der Waals surface area contributed by atoms with Crippen molar-refractivity contribution in [3.63, 3.8) is 0 Å². The van der Waals surface area contributed by atoms with Gasteiger partial charge in [-0.25, -0.2) is 12.7 Å². The van der Waals surface area contributed by atoms with E-state index in [4.69, 9.17) is 23.2 Å². The normalized spacial score (nSPS) is 18.0. The Kier molecular flexibility index (Phi) is 7.68. The maximum absolute atomic E-state index is 13.0. The van der Waals surface area contributed by atoms with Crippen molar-refractivity contribution >= 4 is 39.1 Å². The quantitative estimate of drug-likeness (QED) is 0.623. The molecular weight excluding hydrogens is 455 g/mol. The molecule has 0 saturated carbocycles. The molecule has 0 bridgehead atoms. The Balaban J connectivity index is 1.63. The SMILES string of the molecule is CC(C)(Cc1ccccc1)NC(=O)[C@@H]1CCCN(S(=O)(=O)Cc2ccc(Cl)c(Cl)c2)C1. The zero-order chi connectivity index (χ0) is 22.6. The second kappa shape index (κ2) is 9.90. The van der Waals surface area contributed by atoms with Gasteiger partial charge in [-0.3, -0.25) is 4.79 Å². The highest BCUT2D eigenvalue weighted by Crippen LogP contribution is 2.26. The number of carbonyl (C=O) groups excluding carboxylic acids is 1. The van der Waals surface area contributed by atoms with Crippen LogP contribution in [0.5, 0.6) is 0 Å². The zero-order valence-corrected chi connectivity index (χ0v) is 20.1. The first-order valence-electron chi connectivity index (χ1n) is 10.3. The van der Waals surface area contributed by atoms with E-state index in [2.05, 4.69) is 5.32 Å². The minimum Gasteiger partial charge on any atom is -0.351 e. The maximum atomic E-state index is 13.0. The second-order valence-corrected chi connectivity index (χ2v) is 11.5. The Morgan fingerprint density at radius 2 is 1.81 bits per heavy atom. The van der Waals surface area contributed by atoms with Crippen LogP contribution in [0.15, 0.2) is 48.5 Å². The van der Waals surface area contributed by atoms with E-state index in [1.165, 1.54) is 4.31 Å². The van der Waals surface area contributed by atoms with E-state index in [0.717, 1.165) is 5.56 Å². The van der Waals surface area contributed by atoms with Gasteiger partial charge in [0.25, 0.3) is 0 Å². The standard InChI is InChI=1S/C23H28Cl2N2O3S/c1-23(2,14-17-7-4-3-5-8-17)26-22(28)19-9-6-12-27(15-19)31(29,30)16-18-10-11-20(24)21(25)13-18/h3-5,7-8,10-11,13,19H,6,9,12,14-16H2,1-2H3,(H,26,28)/t19-/m1/s1. The lowest BCUT2D eigenvalue weighted by molar-refractivity contribution is -0.127. The molecule has 1 aliphatic rings. The molecule has 1 fully saturated rings. The first-order valence-corrected chi connectivity index (χ1v) is 12.7. The van der Waals surface area contributed by atoms with Gasteiger partial charge in [-0.1, -0.05) is 59.6 Å². The summed E-state index contributed by atoms with van der Waals surface area (Å²) in [5.41, 5.74) is 1.28. The van der Waals surface area contributed by atoms with Gasteiger partial charge in [0.05, 0.1) is 21.7 Å². The lowest BCUT2D eigenvalue weighted by Crippen LogP contribution is -2.51. The highest BCUT2D eigenvalue weighted by molar-refractivity contribution is 7.88. The Morgan fingerprint density at radius 1 is 1.10 bits per heavy atom. The maximum Gasteiger partial charge on any atom is 0.224 e. The summed E-state index contributed by atoms with van der Waals surface area (Å²) in [5, 5.41) is 3.83. The minimum absolute atomic E-state index is 0.102. The molecule has 1 amide bonds. The Hall–Kier alpha value is -1.60. The number of nitrogens with zero attached hydrogens (tertiary/aromatic N) is 1. The molecule has 168 valence electrons. The van der Waals surface area contributed by atoms with Crippen LogP contribution in [-0.4, -0.2) is 37.3 Å². The Labute approximate surface area is 194 Å². The summed E-state index contributed by atoms with van der Waals surface area (Å²) in [7, 11) is -3.57. The highest BCUT2D eigenvalue weighted by Gasteiger charge is 2.34. The second-order valence-electron chi connectivity index (χ2n) is 8.74. The van der Waals surface area contributed by atoms with Crippen molar-refractivity contribution in [2.45, 2.75) is 44.4 Å². The van der Waals surface area contributed by atoms with Gasteiger partial charge in [-0.2, -0.15) is 0 Å². The summed E-state index contributed by atoms with van der Waals surface area (Å²) < 4.78 is 27.4. The van der Waals surface area contributed by atoms with Gasteiger partial charge >= 0.3 is 0 Å². The summed E-state index contributed by atoms with van der Waals surface area (Å²) in [6, 6.07) is 14.8. The molecule has 1 atom stereocenters. The summed E-state index contributed by atoms with van der Waals surface area (Å²) in [5.74, 6) is -0.639. The predicted molar refractivity (Wildman–Crippen MR) is 126 cm³/mol. The van der Waals surface area contributed by atoms with Crippen LogP contribution in [0.1, 0.15) is 37.8 Å². The smallest absolute Gasteiger partial charge is 0.224 e. The zero-order valence-electron chi connectivity index (χ0n) is 17.8. The van der Waals surface area contributed by atoms with Crippen molar-refractivity contribution in [2.75, 3.05) is 13.1 Å². The van der Waals surface area contributed by atoms with E-state index < -0.39 is 15.6 Å². The number of hydrogen-bond acceptors (Lipinski definition) is 3. The molecule has 31 heavy (non-hydrogen) atoms. The largest absolute Gasteiger partial charge is 0.351 e. The van der Waals surface area contributed by atoms with Crippen LogP contribution in [0.25, 0.3) is 0 Å². The Bertz CT molecular complexity index is 1030. The first-order chi connectivity index (χ1) is 14.6. The van der Waals surface area contributed by atoms with Crippen LogP contribution >= 0.6 is 23.2 Å². The van der Waals surface area contributed by atoms with Gasteiger partial charge in [0.1, 0.15) is 0 Å². The lowest BCUT2D eigenvalue weighted by Gasteiger charge is -2.34. The molecule has 0 aliphatic carbocycles. The lowest BCUT2D eigenvalue weighted by atomic mass is 9.92. The molecule has 1 saturated heterocycles. The van der Waals surface area contributed by atoms with Crippen LogP contribution in [0, 0.1) is 5.92 Å². The van der Waals surface area contributed by atoms with Crippen molar-refractivity contribution in [1.82, 2.24) is 9.62 Å². The number of halogens is 2. The fourth-order valence-corrected chi connectivity index (χ4v) is 5.84. The number of benzene rings is 2. The fourth-order valence-electron chi connectivity index (χ4n) is 3.93. The number of piperidine rings is 1. The topological polar surface area (TPSA) is 66.5 Å². The Morgan fingerprint density at radius 3 is 2.48 bits per heavy atom. The van der Waals surface area contributed by atoms with Gasteiger partial charge in [-0.05, 0) is 56.4 Å². The van der Waals surface area contributed by atoms with E-state index >= 15 is 0 Å². The van der Waals surface area contributed by atoms with Crippen LogP contribution in [0.2, 0.25) is 10.0 Å². The van der Waals surface area contributed by atoms with Crippen LogP contribution in [0.3, 0.4) is 0 Å². The molecule has 2 aromatic rings. The number of sulfonamides is 1. The molecule has 3 rings (SSSR count). The van der Waals surface area contributed by atoms with Gasteiger partial charge in [0.2, 0.25) is 15.9 Å². The molecule has 0 aromatic heterocycles. The van der Waals surface area contributed by atoms with E-state index in [1.807, 2.05) is 44.2 Å². The molecule has 0 spiro atoms. The highest BCUT2D eigenvalue weighted by atomic mass is 35.5. The summed E-state index contributed by atoms with van der Waals surface area (Å²) >= 11 is 11.9. The minimum atomic E-state index is -3.57. The van der Waals surface area contributed by atoms with Crippen molar-refractivity contribution in [3.8, 4) is 0 Å². The average molecular weight is 483 g/mol. The third kappa shape index (κ3) is 6.69. The summed E-state index contributed by atoms with van der Waals surface area (Å²) in [4.78, 5) is 13.0. The molecule has 2 aromatic carbocycles. The molecule has 5 nitrogen and oxygen atoms in total. The third-order valence-corrected chi connectivity index (χ3v) is 7.99. The molecule has 1 heterocycles. The van der Waals surface area contributed by atoms with Crippen molar-refractivity contribution in [3.05, 3.63) is 69.7 Å². The van der Waals surface area contributed by atoms with Gasteiger partial charge < -0.3 is 5.32 Å². The van der Waals surface area contributed by atoms with Crippen molar-refractivity contribution < 1.29 is 13.2 Å². The van der Waals surface area contributed by atoms with Crippen LogP contribution in [-0.2, 0) is 27.0 Å². The molecule has 0 unspecified atom stereocenters. The fraction of sp³-hybridized carbons (Fsp3) is 0.435. The predicted octanol–water partition coefficient (Wildman–Crippen LogP) is 4.67. The molecule has 1 aliphatic heterocycles. The monoisotopic (exact) mass is 482 g/mol. The van der Waals surface area contributed by atoms with Crippen LogP contribution in [0.4, 0.5) is 0 Å². The van der Waals surface area contributed by atoms with E-state index in [-0.39, 0.29) is 24.1 Å². The molecule has 1 N–H and O–H groups in total. The van der Waals surface area contributed by atoms with Crippen LogP contribution < -0.4 is 5.32 Å². The first kappa shape index (κ1) is 24.1. The number of carbonyl (C=O) groups is 1. The summed E-state index contributed by atoms with van der Waals surface area (Å²) in [6.45, 7) is 4.58. The van der Waals surface area contributed by atoms with Gasteiger partial charge in [0.15, 0.2) is 0 Å². The van der Waals surface area contributed by atoms with E-state index in [0.29, 0.717) is 41.4 Å². The average Bonchev–Trinajstić information content (AvgIpc) is 2.70. The number of amides is 1. The van der Waals surface area contributed by atoms with Crippen molar-refractivity contribution in [2.24, 2.45) is 5.92 Å². The number of rotatable bonds is 7. The van der Waals surface area contributed by atoms with E-state index in [1.54, 1.807) is 18.2 Å². The number of nitrogens with one attached hydrogen (secondary N) is 1. The molecular formula is C23H28Cl2N2O3S. The third-order valence-electron chi connectivity index (χ3n) is 5.43. The van der Waals surface area contributed by atoms with E-state index in [9.17, 15) is 13.2 Å². The molecule has 8 heteroatoms. The number of hydrogen-bond donors (Lipinski definition) is 1. The van der Waals surface area contributed by atoms with Crippen molar-refractivity contribution in [1.29, 1.82) is 0 Å². The molecule has 0 radical (unpaired) electrons. The van der Waals surface area contributed by atoms with Gasteiger partial charge in [0, 0.05) is 18.6 Å².